The highest BCUT2D eigenvalue weighted by Gasteiger charge is 2.17. The van der Waals surface area contributed by atoms with Gasteiger partial charge in [-0.1, -0.05) is 54.6 Å². The van der Waals surface area contributed by atoms with Gasteiger partial charge < -0.3 is 5.11 Å². The van der Waals surface area contributed by atoms with Crippen LogP contribution in [0.5, 0.6) is 5.75 Å². The summed E-state index contributed by atoms with van der Waals surface area (Å²) in [5.41, 5.74) is 1.72. The Kier molecular flexibility index (Phi) is 3.72. The van der Waals surface area contributed by atoms with Crippen molar-refractivity contribution in [3.05, 3.63) is 77.9 Å². The van der Waals surface area contributed by atoms with E-state index in [-0.39, 0.29) is 11.9 Å². The van der Waals surface area contributed by atoms with E-state index in [1.807, 2.05) is 30.3 Å². The van der Waals surface area contributed by atoms with E-state index < -0.39 is 0 Å². The second-order valence-electron chi connectivity index (χ2n) is 4.63. The lowest BCUT2D eigenvalue weighted by molar-refractivity contribution is 0.306. The third-order valence-corrected chi connectivity index (χ3v) is 3.76. The van der Waals surface area contributed by atoms with Gasteiger partial charge in [-0.2, -0.15) is 0 Å². The van der Waals surface area contributed by atoms with Crippen LogP contribution in [0.15, 0.2) is 66.7 Å². The van der Waals surface area contributed by atoms with E-state index >= 15 is 0 Å². The van der Waals surface area contributed by atoms with Crippen LogP contribution in [0.1, 0.15) is 17.2 Å². The molecule has 0 aliphatic heterocycles. The first-order valence-electron chi connectivity index (χ1n) is 6.33. The molecule has 20 heavy (non-hydrogen) atoms. The lowest BCUT2D eigenvalue weighted by atomic mass is 9.98. The van der Waals surface area contributed by atoms with Crippen molar-refractivity contribution in [2.75, 3.05) is 0 Å². The van der Waals surface area contributed by atoms with Crippen LogP contribution in [0, 0.1) is 0 Å². The van der Waals surface area contributed by atoms with Gasteiger partial charge in [-0.05, 0) is 28.5 Å². The van der Waals surface area contributed by atoms with Crippen LogP contribution in [0.2, 0.25) is 0 Å². The first kappa shape index (κ1) is 13.2. The van der Waals surface area contributed by atoms with Crippen molar-refractivity contribution in [1.29, 1.82) is 0 Å². The van der Waals surface area contributed by atoms with E-state index in [4.69, 9.17) is 3.83 Å². The van der Waals surface area contributed by atoms with Gasteiger partial charge in [-0.15, -0.1) is 0 Å². The van der Waals surface area contributed by atoms with Gasteiger partial charge in [0.2, 0.25) is 0 Å². The fourth-order valence-corrected chi connectivity index (χ4v) is 2.78. The predicted octanol–water partition coefficient (Wildman–Crippen LogP) is 4.96. The van der Waals surface area contributed by atoms with Gasteiger partial charge in [0.25, 0.3) is 0 Å². The molecule has 0 spiro atoms. The van der Waals surface area contributed by atoms with E-state index in [9.17, 15) is 5.11 Å². The number of rotatable bonds is 3. The number of hydrogen-bond donors (Lipinski definition) is 1. The summed E-state index contributed by atoms with van der Waals surface area (Å²) < 4.78 is 5.40. The monoisotopic (exact) mass is 328 g/mol. The highest BCUT2D eigenvalue weighted by molar-refractivity contribution is 9.06. The molecule has 0 fully saturated rings. The maximum Gasteiger partial charge on any atom is 0.126 e. The molecule has 3 heteroatoms. The number of phenolic OH excluding ortho intramolecular Hbond substituents is 1. The number of halogens is 1. The molecule has 0 amide bonds. The van der Waals surface area contributed by atoms with Gasteiger partial charge in [0, 0.05) is 5.56 Å². The molecule has 1 atom stereocenters. The summed E-state index contributed by atoms with van der Waals surface area (Å²) in [6.07, 6.45) is -0.346. The maximum absolute atomic E-state index is 9.99. The van der Waals surface area contributed by atoms with E-state index in [1.165, 1.54) is 5.39 Å². The summed E-state index contributed by atoms with van der Waals surface area (Å²) in [6.45, 7) is 0. The standard InChI is InChI=1S/C17H13BrO2/c18-20-17(15-7-3-4-8-16(15)19)14-10-9-12-5-1-2-6-13(12)11-14/h1-11,17,19H. The van der Waals surface area contributed by atoms with Crippen molar-refractivity contribution in [2.24, 2.45) is 0 Å². The number of para-hydroxylation sites is 1. The third-order valence-electron chi connectivity index (χ3n) is 3.38. The van der Waals surface area contributed by atoms with Crippen LogP contribution in [0.3, 0.4) is 0 Å². The van der Waals surface area contributed by atoms with Crippen LogP contribution >= 0.6 is 16.3 Å². The maximum atomic E-state index is 9.99. The normalized spacial score (nSPS) is 12.4. The van der Waals surface area contributed by atoms with E-state index in [2.05, 4.69) is 40.5 Å². The Morgan fingerprint density at radius 3 is 2.30 bits per heavy atom. The molecule has 0 radical (unpaired) electrons. The lowest BCUT2D eigenvalue weighted by Gasteiger charge is -2.16. The molecule has 0 aliphatic carbocycles. The second kappa shape index (κ2) is 5.65. The van der Waals surface area contributed by atoms with Crippen LogP contribution < -0.4 is 0 Å². The molecule has 0 saturated carbocycles. The van der Waals surface area contributed by atoms with Crippen LogP contribution in [0.4, 0.5) is 0 Å². The van der Waals surface area contributed by atoms with Crippen molar-refractivity contribution in [3.63, 3.8) is 0 Å². The average molecular weight is 329 g/mol. The summed E-state index contributed by atoms with van der Waals surface area (Å²) in [5.74, 6) is 0.227. The van der Waals surface area contributed by atoms with Gasteiger partial charge in [0.1, 0.15) is 11.9 Å². The molecule has 3 aromatic carbocycles. The first-order valence-corrected chi connectivity index (χ1v) is 6.98. The second-order valence-corrected chi connectivity index (χ2v) is 5.01. The summed E-state index contributed by atoms with van der Waals surface area (Å²) >= 11 is 3.08. The number of hydrogen-bond acceptors (Lipinski definition) is 2. The Balaban J connectivity index is 2.10. The predicted molar refractivity (Wildman–Crippen MR) is 83.9 cm³/mol. The van der Waals surface area contributed by atoms with E-state index in [0.29, 0.717) is 0 Å². The fourth-order valence-electron chi connectivity index (χ4n) is 2.36. The topological polar surface area (TPSA) is 29.5 Å². The van der Waals surface area contributed by atoms with Crippen LogP contribution in [-0.4, -0.2) is 5.11 Å². The SMILES string of the molecule is Oc1ccccc1C(OBr)c1ccc2ccccc2c1. The zero-order valence-corrected chi connectivity index (χ0v) is 12.2. The Bertz CT molecular complexity index is 740. The molecule has 3 rings (SSSR count). The van der Waals surface area contributed by atoms with Crippen LogP contribution in [0.25, 0.3) is 10.8 Å². The zero-order valence-electron chi connectivity index (χ0n) is 10.7. The minimum atomic E-state index is -0.346. The van der Waals surface area contributed by atoms with Crippen molar-refractivity contribution in [2.45, 2.75) is 6.10 Å². The zero-order chi connectivity index (χ0) is 13.9. The molecule has 0 aromatic heterocycles. The van der Waals surface area contributed by atoms with Crippen LogP contribution in [-0.2, 0) is 3.83 Å². The van der Waals surface area contributed by atoms with Gasteiger partial charge in [-0.25, -0.2) is 0 Å². The number of benzene rings is 3. The van der Waals surface area contributed by atoms with E-state index in [1.54, 1.807) is 12.1 Å². The number of phenols is 1. The van der Waals surface area contributed by atoms with Crippen molar-refractivity contribution in [3.8, 4) is 5.75 Å². The van der Waals surface area contributed by atoms with Gasteiger partial charge in [0.05, 0.1) is 16.3 Å². The smallest absolute Gasteiger partial charge is 0.126 e. The van der Waals surface area contributed by atoms with E-state index in [0.717, 1.165) is 16.5 Å². The Labute approximate surface area is 126 Å². The summed E-state index contributed by atoms with van der Waals surface area (Å²) in [6, 6.07) is 21.5. The summed E-state index contributed by atoms with van der Waals surface area (Å²) in [7, 11) is 0. The first-order chi connectivity index (χ1) is 9.79. The highest BCUT2D eigenvalue weighted by Crippen LogP contribution is 2.34. The minimum absolute atomic E-state index is 0.227. The Morgan fingerprint density at radius 1 is 0.850 bits per heavy atom. The molecule has 100 valence electrons. The molecule has 3 aromatic rings. The number of fused-ring (bicyclic) bond motifs is 1. The molecular weight excluding hydrogens is 316 g/mol. The van der Waals surface area contributed by atoms with Crippen molar-refractivity contribution >= 4 is 27.0 Å². The molecule has 1 N–H and O–H groups in total. The molecular formula is C17H13BrO2. The van der Waals surface area contributed by atoms with Crippen molar-refractivity contribution in [1.82, 2.24) is 0 Å². The number of aromatic hydroxyl groups is 1. The fraction of sp³-hybridized carbons (Fsp3) is 0.0588. The lowest BCUT2D eigenvalue weighted by Crippen LogP contribution is -2.01. The van der Waals surface area contributed by atoms with Crippen molar-refractivity contribution < 1.29 is 8.93 Å². The molecule has 2 nitrogen and oxygen atoms in total. The quantitative estimate of drug-likeness (QED) is 0.736. The summed E-state index contributed by atoms with van der Waals surface area (Å²) in [4.78, 5) is 0. The Morgan fingerprint density at radius 2 is 1.55 bits per heavy atom. The van der Waals surface area contributed by atoms with Gasteiger partial charge in [0.15, 0.2) is 0 Å². The third kappa shape index (κ3) is 2.42. The average Bonchev–Trinajstić information content (AvgIpc) is 2.50. The largest absolute Gasteiger partial charge is 0.508 e. The van der Waals surface area contributed by atoms with Gasteiger partial charge >= 0.3 is 0 Å². The Hall–Kier alpha value is -1.84. The summed E-state index contributed by atoms with van der Waals surface area (Å²) in [5, 5.41) is 12.3. The molecule has 0 heterocycles. The molecule has 1 unspecified atom stereocenters. The molecule has 0 saturated heterocycles. The molecule has 0 aliphatic rings. The highest BCUT2D eigenvalue weighted by atomic mass is 79.9. The minimum Gasteiger partial charge on any atom is -0.508 e. The van der Waals surface area contributed by atoms with Gasteiger partial charge in [-0.3, -0.25) is 3.83 Å². The molecule has 0 bridgehead atoms.